The van der Waals surface area contributed by atoms with E-state index in [0.29, 0.717) is 13.2 Å². The lowest BCUT2D eigenvalue weighted by molar-refractivity contribution is -0.199. The van der Waals surface area contributed by atoms with Crippen molar-refractivity contribution in [1.29, 1.82) is 0 Å². The molecule has 0 unspecified atom stereocenters. The Morgan fingerprint density at radius 2 is 2.11 bits per heavy atom. The summed E-state index contributed by atoms with van der Waals surface area (Å²) < 4.78 is 52.8. The van der Waals surface area contributed by atoms with Crippen LogP contribution in [0.5, 0.6) is 0 Å². The first-order valence-electron chi connectivity index (χ1n) is 5.60. The van der Waals surface area contributed by atoms with E-state index in [4.69, 9.17) is 4.84 Å². The number of hydrogen-bond donors (Lipinski definition) is 0. The maximum absolute atomic E-state index is 12.4. The standard InChI is InChI=1S/C10H15F4NO3/c11-9(12)10(13,14)7-17-6-3-8(16)15-4-1-2-5-18-15/h9H,1-7H2. The van der Waals surface area contributed by atoms with Crippen LogP contribution in [0.15, 0.2) is 0 Å². The number of alkyl halides is 4. The summed E-state index contributed by atoms with van der Waals surface area (Å²) in [5.41, 5.74) is 0. The first kappa shape index (κ1) is 15.2. The van der Waals surface area contributed by atoms with Gasteiger partial charge in [0.05, 0.1) is 19.6 Å². The Morgan fingerprint density at radius 3 is 2.67 bits per heavy atom. The number of carbonyl (C=O) groups excluding carboxylic acids is 1. The van der Waals surface area contributed by atoms with Crippen molar-refractivity contribution in [2.45, 2.75) is 31.6 Å². The molecule has 0 aromatic heterocycles. The highest BCUT2D eigenvalue weighted by Gasteiger charge is 2.40. The van der Waals surface area contributed by atoms with Gasteiger partial charge in [0.15, 0.2) is 0 Å². The molecule has 1 aliphatic heterocycles. The van der Waals surface area contributed by atoms with Crippen LogP contribution in [-0.4, -0.2) is 49.7 Å². The molecule has 0 spiro atoms. The second-order valence-corrected chi connectivity index (χ2v) is 3.90. The van der Waals surface area contributed by atoms with E-state index < -0.39 is 24.9 Å². The van der Waals surface area contributed by atoms with Gasteiger partial charge < -0.3 is 4.74 Å². The summed E-state index contributed by atoms with van der Waals surface area (Å²) in [7, 11) is 0. The normalized spacial score (nSPS) is 17.3. The van der Waals surface area contributed by atoms with Gasteiger partial charge in [-0.3, -0.25) is 9.63 Å². The van der Waals surface area contributed by atoms with Crippen molar-refractivity contribution in [2.75, 3.05) is 26.4 Å². The van der Waals surface area contributed by atoms with E-state index in [1.165, 1.54) is 0 Å². The predicted octanol–water partition coefficient (Wildman–Crippen LogP) is 1.85. The van der Waals surface area contributed by atoms with Gasteiger partial charge >= 0.3 is 12.3 Å². The Hall–Kier alpha value is -0.890. The van der Waals surface area contributed by atoms with Gasteiger partial charge in [-0.25, -0.2) is 13.8 Å². The molecular weight excluding hydrogens is 258 g/mol. The Morgan fingerprint density at radius 1 is 1.39 bits per heavy atom. The van der Waals surface area contributed by atoms with Crippen molar-refractivity contribution < 1.29 is 31.9 Å². The summed E-state index contributed by atoms with van der Waals surface area (Å²) in [6.07, 6.45) is -2.25. The lowest BCUT2D eigenvalue weighted by atomic mass is 10.3. The minimum absolute atomic E-state index is 0.167. The lowest BCUT2D eigenvalue weighted by Gasteiger charge is -2.25. The van der Waals surface area contributed by atoms with Gasteiger partial charge in [0, 0.05) is 6.54 Å². The number of ether oxygens (including phenoxy) is 1. The zero-order valence-electron chi connectivity index (χ0n) is 9.71. The molecule has 4 nitrogen and oxygen atoms in total. The summed E-state index contributed by atoms with van der Waals surface area (Å²) in [5.74, 6) is -4.57. The smallest absolute Gasteiger partial charge is 0.330 e. The number of nitrogens with zero attached hydrogens (tertiary/aromatic N) is 1. The fraction of sp³-hybridized carbons (Fsp3) is 0.900. The molecule has 8 heteroatoms. The monoisotopic (exact) mass is 273 g/mol. The van der Waals surface area contributed by atoms with E-state index in [1.54, 1.807) is 0 Å². The summed E-state index contributed by atoms with van der Waals surface area (Å²) in [6, 6.07) is 0. The largest absolute Gasteiger partial charge is 0.374 e. The number of hydroxylamine groups is 2. The number of amides is 1. The van der Waals surface area contributed by atoms with E-state index in [2.05, 4.69) is 4.74 Å². The van der Waals surface area contributed by atoms with E-state index in [9.17, 15) is 22.4 Å². The first-order chi connectivity index (χ1) is 8.43. The van der Waals surface area contributed by atoms with Gasteiger partial charge in [0.2, 0.25) is 5.91 Å². The van der Waals surface area contributed by atoms with Crippen molar-refractivity contribution in [3.05, 3.63) is 0 Å². The minimum atomic E-state index is -4.18. The van der Waals surface area contributed by atoms with Crippen LogP contribution in [-0.2, 0) is 14.4 Å². The molecule has 1 aliphatic rings. The molecule has 1 heterocycles. The highest BCUT2D eigenvalue weighted by molar-refractivity contribution is 5.75. The Balaban J connectivity index is 2.15. The molecule has 0 saturated carbocycles. The Labute approximate surface area is 102 Å². The summed E-state index contributed by atoms with van der Waals surface area (Å²) in [6.45, 7) is -0.831. The van der Waals surface area contributed by atoms with Gasteiger partial charge in [-0.2, -0.15) is 8.78 Å². The third kappa shape index (κ3) is 4.77. The molecule has 18 heavy (non-hydrogen) atoms. The fourth-order valence-corrected chi connectivity index (χ4v) is 1.35. The molecule has 1 fully saturated rings. The highest BCUT2D eigenvalue weighted by atomic mass is 19.3. The SMILES string of the molecule is O=C(CCOCC(F)(F)C(F)F)N1CCCCO1. The maximum atomic E-state index is 12.4. The van der Waals surface area contributed by atoms with Crippen LogP contribution in [0, 0.1) is 0 Å². The maximum Gasteiger partial charge on any atom is 0.330 e. The molecule has 0 aliphatic carbocycles. The van der Waals surface area contributed by atoms with Crippen LogP contribution in [0.4, 0.5) is 17.6 Å². The van der Waals surface area contributed by atoms with Crippen LogP contribution in [0.3, 0.4) is 0 Å². The summed E-state index contributed by atoms with van der Waals surface area (Å²) >= 11 is 0. The molecule has 0 atom stereocenters. The van der Waals surface area contributed by atoms with Gasteiger partial charge in [-0.1, -0.05) is 0 Å². The third-order valence-corrected chi connectivity index (χ3v) is 2.35. The molecule has 0 aromatic carbocycles. The summed E-state index contributed by atoms with van der Waals surface area (Å²) in [5, 5.41) is 1.15. The van der Waals surface area contributed by atoms with Gasteiger partial charge in [-0.15, -0.1) is 0 Å². The highest BCUT2D eigenvalue weighted by Crippen LogP contribution is 2.22. The lowest BCUT2D eigenvalue weighted by Crippen LogP contribution is -2.37. The Kier molecular flexibility index (Phi) is 5.80. The molecule has 0 N–H and O–H groups in total. The molecule has 1 amide bonds. The second kappa shape index (κ2) is 6.89. The number of carbonyl (C=O) groups is 1. The average Bonchev–Trinajstić information content (AvgIpc) is 2.35. The molecule has 0 radical (unpaired) electrons. The summed E-state index contributed by atoms with van der Waals surface area (Å²) in [4.78, 5) is 16.5. The quantitative estimate of drug-likeness (QED) is 0.547. The van der Waals surface area contributed by atoms with Gasteiger partial charge in [0.25, 0.3) is 0 Å². The number of hydrogen-bond acceptors (Lipinski definition) is 3. The topological polar surface area (TPSA) is 38.8 Å². The molecule has 1 saturated heterocycles. The van der Waals surface area contributed by atoms with Crippen LogP contribution < -0.4 is 0 Å². The first-order valence-corrected chi connectivity index (χ1v) is 5.60. The molecule has 106 valence electrons. The average molecular weight is 273 g/mol. The van der Waals surface area contributed by atoms with E-state index in [0.717, 1.165) is 17.9 Å². The number of rotatable bonds is 6. The zero-order chi connectivity index (χ0) is 13.6. The molecule has 1 rings (SSSR count). The van der Waals surface area contributed by atoms with Crippen molar-refractivity contribution >= 4 is 5.91 Å². The second-order valence-electron chi connectivity index (χ2n) is 3.90. The van der Waals surface area contributed by atoms with Crippen molar-refractivity contribution in [1.82, 2.24) is 5.06 Å². The zero-order valence-corrected chi connectivity index (χ0v) is 9.71. The van der Waals surface area contributed by atoms with E-state index in [-0.39, 0.29) is 13.0 Å². The van der Waals surface area contributed by atoms with Crippen LogP contribution in [0.2, 0.25) is 0 Å². The predicted molar refractivity (Wildman–Crippen MR) is 53.3 cm³/mol. The van der Waals surface area contributed by atoms with Crippen LogP contribution >= 0.6 is 0 Å². The van der Waals surface area contributed by atoms with Crippen molar-refractivity contribution in [3.63, 3.8) is 0 Å². The molecule has 0 bridgehead atoms. The van der Waals surface area contributed by atoms with E-state index in [1.807, 2.05) is 0 Å². The Bertz CT molecular complexity index is 270. The molecular formula is C10H15F4NO3. The van der Waals surface area contributed by atoms with Crippen LogP contribution in [0.1, 0.15) is 19.3 Å². The minimum Gasteiger partial charge on any atom is -0.374 e. The van der Waals surface area contributed by atoms with Crippen LogP contribution in [0.25, 0.3) is 0 Å². The molecule has 0 aromatic rings. The third-order valence-electron chi connectivity index (χ3n) is 2.35. The van der Waals surface area contributed by atoms with Gasteiger partial charge in [-0.05, 0) is 12.8 Å². The fourth-order valence-electron chi connectivity index (χ4n) is 1.35. The van der Waals surface area contributed by atoms with E-state index >= 15 is 0 Å². The van der Waals surface area contributed by atoms with Crippen molar-refractivity contribution in [3.8, 4) is 0 Å². The van der Waals surface area contributed by atoms with Gasteiger partial charge in [0.1, 0.15) is 6.61 Å². The van der Waals surface area contributed by atoms with Crippen molar-refractivity contribution in [2.24, 2.45) is 0 Å². The number of halogens is 4.